The van der Waals surface area contributed by atoms with E-state index < -0.39 is 5.92 Å². The number of carbonyl (C=O) groups excluding carboxylic acids is 1. The summed E-state index contributed by atoms with van der Waals surface area (Å²) in [5.74, 6) is 0.0930. The van der Waals surface area contributed by atoms with Crippen molar-refractivity contribution < 1.29 is 24.1 Å². The zero-order valence-electron chi connectivity index (χ0n) is 23.9. The lowest BCUT2D eigenvalue weighted by Crippen LogP contribution is -2.19. The van der Waals surface area contributed by atoms with Crippen molar-refractivity contribution in [3.8, 4) is 5.75 Å². The van der Waals surface area contributed by atoms with Gasteiger partial charge in [0.05, 0.1) is 38.4 Å². The summed E-state index contributed by atoms with van der Waals surface area (Å²) in [5, 5.41) is 18.6. The Kier molecular flexibility index (Phi) is 10.3. The van der Waals surface area contributed by atoms with Gasteiger partial charge in [0.2, 0.25) is 0 Å². The molecule has 212 valence electrons. The fourth-order valence-electron chi connectivity index (χ4n) is 4.85. The molecule has 8 nitrogen and oxygen atoms in total. The predicted octanol–water partition coefficient (Wildman–Crippen LogP) is 5.44. The van der Waals surface area contributed by atoms with Gasteiger partial charge < -0.3 is 19.3 Å². The van der Waals surface area contributed by atoms with Crippen LogP contribution in [0.15, 0.2) is 54.6 Å². The van der Waals surface area contributed by atoms with Crippen molar-refractivity contribution in [2.75, 3.05) is 20.3 Å². The molecule has 0 saturated carbocycles. The number of hydrogen-bond acceptors (Lipinski definition) is 7. The lowest BCUT2D eigenvalue weighted by atomic mass is 9.88. The average Bonchev–Trinajstić information content (AvgIpc) is 3.39. The van der Waals surface area contributed by atoms with E-state index in [4.69, 9.17) is 14.2 Å². The fraction of sp³-hybridized carbons (Fsp3) is 0.406. The van der Waals surface area contributed by atoms with E-state index in [0.29, 0.717) is 26.2 Å². The van der Waals surface area contributed by atoms with Gasteiger partial charge in [-0.1, -0.05) is 41.6 Å². The molecule has 1 heterocycles. The van der Waals surface area contributed by atoms with Crippen molar-refractivity contribution in [2.45, 2.75) is 65.7 Å². The lowest BCUT2D eigenvalue weighted by Gasteiger charge is -2.19. The number of benzene rings is 3. The molecule has 0 fully saturated rings. The lowest BCUT2D eigenvalue weighted by molar-refractivity contribution is -0.144. The summed E-state index contributed by atoms with van der Waals surface area (Å²) in [6.45, 7) is 8.03. The molecule has 4 aromatic rings. The van der Waals surface area contributed by atoms with Gasteiger partial charge in [0, 0.05) is 13.2 Å². The molecular formula is C32H39N3O5. The molecule has 1 atom stereocenters. The molecule has 8 heteroatoms. The smallest absolute Gasteiger partial charge is 0.313 e. The molecule has 1 unspecified atom stereocenters. The Labute approximate surface area is 235 Å². The highest BCUT2D eigenvalue weighted by atomic mass is 16.5. The zero-order chi connectivity index (χ0) is 28.5. The van der Waals surface area contributed by atoms with Crippen molar-refractivity contribution in [3.63, 3.8) is 0 Å². The van der Waals surface area contributed by atoms with E-state index in [9.17, 15) is 9.90 Å². The van der Waals surface area contributed by atoms with Gasteiger partial charge in [0.15, 0.2) is 0 Å². The summed E-state index contributed by atoms with van der Waals surface area (Å²) in [6, 6.07) is 17.8. The fourth-order valence-corrected chi connectivity index (χ4v) is 4.85. The van der Waals surface area contributed by atoms with Crippen LogP contribution in [-0.2, 0) is 40.4 Å². The maximum atomic E-state index is 13.0. The second-order valence-electron chi connectivity index (χ2n) is 9.99. The maximum absolute atomic E-state index is 13.0. The van der Waals surface area contributed by atoms with Crippen LogP contribution in [0.2, 0.25) is 0 Å². The van der Waals surface area contributed by atoms with Crippen LogP contribution < -0.4 is 4.74 Å². The van der Waals surface area contributed by atoms with Crippen LogP contribution in [0.5, 0.6) is 5.75 Å². The molecule has 0 bridgehead atoms. The standard InChI is InChI=1S/C32H39N3O5/c1-5-40-32(37)29(26-11-8-22(2)27(18-26)20-36)19-25-12-15-30-31(23(25)3)33-34-35(30)16-6-7-17-39-21-24-9-13-28(38-4)14-10-24/h8-15,18,29,36H,5-7,16-17,19-21H2,1-4H3. The highest BCUT2D eigenvalue weighted by molar-refractivity contribution is 5.81. The van der Waals surface area contributed by atoms with Crippen LogP contribution in [0.4, 0.5) is 0 Å². The largest absolute Gasteiger partial charge is 0.497 e. The first kappa shape index (κ1) is 29.2. The molecular weight excluding hydrogens is 506 g/mol. The first-order valence-electron chi connectivity index (χ1n) is 13.8. The van der Waals surface area contributed by atoms with Crippen LogP contribution in [0.3, 0.4) is 0 Å². The predicted molar refractivity (Wildman–Crippen MR) is 154 cm³/mol. The minimum Gasteiger partial charge on any atom is -0.497 e. The zero-order valence-corrected chi connectivity index (χ0v) is 23.9. The second kappa shape index (κ2) is 14.1. The number of nitrogens with zero attached hydrogens (tertiary/aromatic N) is 3. The van der Waals surface area contributed by atoms with Gasteiger partial charge >= 0.3 is 5.97 Å². The Balaban J connectivity index is 1.39. The molecule has 40 heavy (non-hydrogen) atoms. The molecule has 0 spiro atoms. The number of carbonyl (C=O) groups is 1. The normalized spacial score (nSPS) is 12.0. The summed E-state index contributed by atoms with van der Waals surface area (Å²) in [6.07, 6.45) is 2.32. The number of aliphatic hydroxyl groups is 1. The van der Waals surface area contributed by atoms with E-state index >= 15 is 0 Å². The van der Waals surface area contributed by atoms with E-state index in [-0.39, 0.29) is 12.6 Å². The van der Waals surface area contributed by atoms with Crippen LogP contribution >= 0.6 is 0 Å². The molecule has 1 N–H and O–H groups in total. The third-order valence-corrected chi connectivity index (χ3v) is 7.33. The van der Waals surface area contributed by atoms with Crippen molar-refractivity contribution in [3.05, 3.63) is 88.0 Å². The van der Waals surface area contributed by atoms with Crippen molar-refractivity contribution in [2.24, 2.45) is 0 Å². The minimum absolute atomic E-state index is 0.0713. The number of aliphatic hydroxyl groups excluding tert-OH is 1. The first-order valence-corrected chi connectivity index (χ1v) is 13.8. The molecule has 0 saturated heterocycles. The highest BCUT2D eigenvalue weighted by Crippen LogP contribution is 2.29. The number of ether oxygens (including phenoxy) is 3. The Bertz CT molecular complexity index is 1410. The number of aryl methyl sites for hydroxylation is 3. The molecule has 0 aliphatic rings. The monoisotopic (exact) mass is 545 g/mol. The quantitative estimate of drug-likeness (QED) is 0.167. The van der Waals surface area contributed by atoms with Gasteiger partial charge in [-0.3, -0.25) is 4.79 Å². The molecule has 4 rings (SSSR count). The number of aromatic nitrogens is 3. The Morgan fingerprint density at radius 1 is 1.02 bits per heavy atom. The number of rotatable bonds is 14. The summed E-state index contributed by atoms with van der Waals surface area (Å²) in [7, 11) is 1.66. The number of fused-ring (bicyclic) bond motifs is 1. The SMILES string of the molecule is CCOC(=O)C(Cc1ccc2c(nnn2CCCCOCc2ccc(OC)cc2)c1C)c1ccc(C)c(CO)c1. The van der Waals surface area contributed by atoms with E-state index in [2.05, 4.69) is 16.4 Å². The summed E-state index contributed by atoms with van der Waals surface area (Å²) in [4.78, 5) is 13.0. The summed E-state index contributed by atoms with van der Waals surface area (Å²) in [5.41, 5.74) is 7.62. The van der Waals surface area contributed by atoms with Gasteiger partial charge in [0.1, 0.15) is 11.3 Å². The maximum Gasteiger partial charge on any atom is 0.313 e. The van der Waals surface area contributed by atoms with Crippen LogP contribution in [-0.4, -0.2) is 46.4 Å². The Morgan fingerprint density at radius 2 is 1.82 bits per heavy atom. The van der Waals surface area contributed by atoms with Gasteiger partial charge in [0.25, 0.3) is 0 Å². The number of esters is 1. The van der Waals surface area contributed by atoms with Gasteiger partial charge in [-0.05, 0) is 91.6 Å². The molecule has 0 aliphatic carbocycles. The van der Waals surface area contributed by atoms with Gasteiger partial charge in [-0.25, -0.2) is 4.68 Å². The van der Waals surface area contributed by atoms with Gasteiger partial charge in [-0.15, -0.1) is 5.10 Å². The number of hydrogen-bond donors (Lipinski definition) is 1. The van der Waals surface area contributed by atoms with Crippen molar-refractivity contribution >= 4 is 17.0 Å². The van der Waals surface area contributed by atoms with Crippen molar-refractivity contribution in [1.29, 1.82) is 0 Å². The van der Waals surface area contributed by atoms with E-state index in [1.165, 1.54) is 0 Å². The molecule has 0 radical (unpaired) electrons. The van der Waals surface area contributed by atoms with Crippen LogP contribution in [0, 0.1) is 13.8 Å². The topological polar surface area (TPSA) is 95.7 Å². The molecule has 0 amide bonds. The molecule has 3 aromatic carbocycles. The van der Waals surface area contributed by atoms with Gasteiger partial charge in [-0.2, -0.15) is 0 Å². The molecule has 0 aliphatic heterocycles. The van der Waals surface area contributed by atoms with Crippen LogP contribution in [0.25, 0.3) is 11.0 Å². The van der Waals surface area contributed by atoms with Crippen molar-refractivity contribution in [1.82, 2.24) is 15.0 Å². The molecule has 1 aromatic heterocycles. The van der Waals surface area contributed by atoms with E-state index in [1.807, 2.05) is 74.0 Å². The average molecular weight is 546 g/mol. The van der Waals surface area contributed by atoms with E-state index in [0.717, 1.165) is 69.6 Å². The summed E-state index contributed by atoms with van der Waals surface area (Å²) >= 11 is 0. The number of methoxy groups -OCH3 is 1. The van der Waals surface area contributed by atoms with Crippen LogP contribution in [0.1, 0.15) is 59.1 Å². The summed E-state index contributed by atoms with van der Waals surface area (Å²) < 4.78 is 18.4. The Hall–Kier alpha value is -3.75. The third kappa shape index (κ3) is 7.06. The minimum atomic E-state index is -0.477. The highest BCUT2D eigenvalue weighted by Gasteiger charge is 2.25. The third-order valence-electron chi connectivity index (χ3n) is 7.33. The second-order valence-corrected chi connectivity index (χ2v) is 9.99. The first-order chi connectivity index (χ1) is 19.4. The number of unbranched alkanes of at least 4 members (excludes halogenated alkanes) is 1. The van der Waals surface area contributed by atoms with E-state index in [1.54, 1.807) is 7.11 Å². The Morgan fingerprint density at radius 3 is 2.55 bits per heavy atom.